The Balaban J connectivity index is 2.59. The summed E-state index contributed by atoms with van der Waals surface area (Å²) < 4.78 is 48.5. The molecule has 0 unspecified atom stereocenters. The summed E-state index contributed by atoms with van der Waals surface area (Å²) in [6, 6.07) is -0.938. The van der Waals surface area contributed by atoms with Crippen LogP contribution in [0.15, 0.2) is 24.2 Å². The van der Waals surface area contributed by atoms with Gasteiger partial charge in [0, 0.05) is 0 Å². The van der Waals surface area contributed by atoms with Gasteiger partial charge in [0.15, 0.2) is 0 Å². The molecule has 0 aliphatic carbocycles. The summed E-state index contributed by atoms with van der Waals surface area (Å²) in [5.74, 6) is -0.0410. The molecule has 1 saturated heterocycles. The first-order valence-electron chi connectivity index (χ1n) is 7.53. The van der Waals surface area contributed by atoms with Gasteiger partial charge in [-0.05, 0) is 45.2 Å². The van der Waals surface area contributed by atoms with Crippen molar-refractivity contribution in [3.63, 3.8) is 0 Å². The lowest BCUT2D eigenvalue weighted by Crippen LogP contribution is -2.41. The van der Waals surface area contributed by atoms with E-state index in [-0.39, 0.29) is 35.4 Å². The third-order valence-corrected chi connectivity index (χ3v) is 3.31. The highest BCUT2D eigenvalue weighted by Gasteiger charge is 2.51. The van der Waals surface area contributed by atoms with Gasteiger partial charge in [-0.15, -0.1) is 0 Å². The van der Waals surface area contributed by atoms with E-state index in [1.54, 1.807) is 0 Å². The molecule has 0 aromatic heterocycles. The van der Waals surface area contributed by atoms with Crippen LogP contribution in [0.5, 0.6) is 5.75 Å². The molecule has 0 amide bonds. The Kier molecular flexibility index (Phi) is 1.94. The van der Waals surface area contributed by atoms with Gasteiger partial charge in [-0.1, -0.05) is 12.1 Å². The number of benzene rings is 1. The Bertz CT molecular complexity index is 574. The van der Waals surface area contributed by atoms with Crippen LogP contribution in [-0.2, 0) is 9.31 Å². The van der Waals surface area contributed by atoms with Crippen LogP contribution in [0.4, 0.5) is 0 Å². The molecule has 1 aromatic carbocycles. The standard InChI is InChI=1S/C13H19BO3/c1-12(2)13(3,4)17-14(16-12)10-7-6-8-11(9-10)15-5/h6-9H,1-5H3/i6D,7D,8D,9D. The van der Waals surface area contributed by atoms with Crippen LogP contribution in [0.1, 0.15) is 33.2 Å². The van der Waals surface area contributed by atoms with Crippen LogP contribution < -0.4 is 10.2 Å². The quantitative estimate of drug-likeness (QED) is 0.737. The topological polar surface area (TPSA) is 27.7 Å². The van der Waals surface area contributed by atoms with Crippen molar-refractivity contribution >= 4 is 12.6 Å². The number of hydrogen-bond acceptors (Lipinski definition) is 3. The first-order chi connectivity index (χ1) is 9.53. The maximum Gasteiger partial charge on any atom is 0.494 e. The minimum atomic E-state index is -0.923. The smallest absolute Gasteiger partial charge is 0.494 e. The number of methoxy groups -OCH3 is 1. The minimum Gasteiger partial charge on any atom is -0.497 e. The van der Waals surface area contributed by atoms with Crippen molar-refractivity contribution in [1.82, 2.24) is 0 Å². The largest absolute Gasteiger partial charge is 0.497 e. The van der Waals surface area contributed by atoms with Crippen LogP contribution >= 0.6 is 0 Å². The van der Waals surface area contributed by atoms with Gasteiger partial charge in [0.1, 0.15) is 5.75 Å². The lowest BCUT2D eigenvalue weighted by Gasteiger charge is -2.32. The molecular formula is C13H19BO3. The monoisotopic (exact) mass is 238 g/mol. The average molecular weight is 238 g/mol. The van der Waals surface area contributed by atoms with Gasteiger partial charge in [0.25, 0.3) is 0 Å². The predicted octanol–water partition coefficient (Wildman–Crippen LogP) is 1.99. The highest BCUT2D eigenvalue weighted by Crippen LogP contribution is 2.36. The fourth-order valence-electron chi connectivity index (χ4n) is 1.52. The van der Waals surface area contributed by atoms with Crippen molar-refractivity contribution in [2.24, 2.45) is 0 Å². The van der Waals surface area contributed by atoms with Crippen LogP contribution in [0.2, 0.25) is 0 Å². The molecular weight excluding hydrogens is 215 g/mol. The Morgan fingerprint density at radius 1 is 1.18 bits per heavy atom. The average Bonchev–Trinajstić information content (AvgIpc) is 2.56. The number of ether oxygens (including phenoxy) is 1. The molecule has 92 valence electrons. The van der Waals surface area contributed by atoms with Crippen LogP contribution in [0.25, 0.3) is 0 Å². The molecule has 1 heterocycles. The predicted molar refractivity (Wildman–Crippen MR) is 68.7 cm³/mol. The second kappa shape index (κ2) is 4.04. The summed E-state index contributed by atoms with van der Waals surface area (Å²) in [5.41, 5.74) is -1.08. The maximum atomic E-state index is 8.14. The Morgan fingerprint density at radius 2 is 1.76 bits per heavy atom. The van der Waals surface area contributed by atoms with Gasteiger partial charge in [-0.25, -0.2) is 0 Å². The van der Waals surface area contributed by atoms with E-state index in [0.717, 1.165) is 0 Å². The number of rotatable bonds is 2. The van der Waals surface area contributed by atoms with Crippen molar-refractivity contribution in [2.45, 2.75) is 38.9 Å². The Hall–Kier alpha value is -0.995. The van der Waals surface area contributed by atoms with Crippen molar-refractivity contribution in [1.29, 1.82) is 0 Å². The van der Waals surface area contributed by atoms with E-state index in [0.29, 0.717) is 0 Å². The normalized spacial score (nSPS) is 24.9. The molecule has 3 nitrogen and oxygen atoms in total. The van der Waals surface area contributed by atoms with Gasteiger partial charge >= 0.3 is 7.12 Å². The summed E-state index contributed by atoms with van der Waals surface area (Å²) in [7, 11) is 0.413. The lowest BCUT2D eigenvalue weighted by atomic mass is 9.79. The van der Waals surface area contributed by atoms with Crippen LogP contribution in [0, 0.1) is 0 Å². The first-order valence-corrected chi connectivity index (χ1v) is 5.53. The van der Waals surface area contributed by atoms with Gasteiger partial charge < -0.3 is 14.0 Å². The lowest BCUT2D eigenvalue weighted by molar-refractivity contribution is 0.00578. The summed E-state index contributed by atoms with van der Waals surface area (Å²) >= 11 is 0. The first kappa shape index (κ1) is 8.17. The zero-order valence-electron chi connectivity index (χ0n) is 14.8. The van der Waals surface area contributed by atoms with Gasteiger partial charge in [-0.3, -0.25) is 0 Å². The molecule has 4 heteroatoms. The van der Waals surface area contributed by atoms with E-state index in [9.17, 15) is 0 Å². The summed E-state index contributed by atoms with van der Waals surface area (Å²) in [5, 5.41) is 0. The zero-order chi connectivity index (χ0) is 16.2. The van der Waals surface area contributed by atoms with Crippen LogP contribution in [0.3, 0.4) is 0 Å². The van der Waals surface area contributed by atoms with Gasteiger partial charge in [-0.2, -0.15) is 0 Å². The minimum absolute atomic E-state index is 0.0410. The van der Waals surface area contributed by atoms with E-state index in [4.69, 9.17) is 19.5 Å². The molecule has 2 rings (SSSR count). The Labute approximate surface area is 109 Å². The highest BCUT2D eigenvalue weighted by atomic mass is 16.7. The summed E-state index contributed by atoms with van der Waals surface area (Å²) in [6.07, 6.45) is 0. The van der Waals surface area contributed by atoms with E-state index >= 15 is 0 Å². The fourth-order valence-corrected chi connectivity index (χ4v) is 1.52. The summed E-state index contributed by atoms with van der Waals surface area (Å²) in [4.78, 5) is 0. The zero-order valence-corrected chi connectivity index (χ0v) is 10.8. The van der Waals surface area contributed by atoms with Gasteiger partial charge in [0.05, 0.1) is 23.8 Å². The van der Waals surface area contributed by atoms with Crippen molar-refractivity contribution in [2.75, 3.05) is 7.11 Å². The molecule has 1 aromatic rings. The molecule has 0 N–H and O–H groups in total. The van der Waals surface area contributed by atoms with Crippen molar-refractivity contribution in [3.8, 4) is 5.75 Å². The Morgan fingerprint density at radius 3 is 2.29 bits per heavy atom. The summed E-state index contributed by atoms with van der Waals surface area (Å²) in [6.45, 7) is 7.49. The molecule has 0 saturated carbocycles. The number of hydrogen-bond donors (Lipinski definition) is 0. The highest BCUT2D eigenvalue weighted by molar-refractivity contribution is 6.62. The van der Waals surface area contributed by atoms with Crippen molar-refractivity contribution in [3.05, 3.63) is 24.2 Å². The van der Waals surface area contributed by atoms with E-state index < -0.39 is 18.3 Å². The second-order valence-corrected chi connectivity index (χ2v) is 5.04. The van der Waals surface area contributed by atoms with E-state index in [1.807, 2.05) is 27.7 Å². The molecule has 0 spiro atoms. The third kappa shape index (κ3) is 2.19. The molecule has 0 radical (unpaired) electrons. The van der Waals surface area contributed by atoms with Crippen molar-refractivity contribution < 1.29 is 19.5 Å². The molecule has 1 aliphatic heterocycles. The maximum absolute atomic E-state index is 8.14. The van der Waals surface area contributed by atoms with E-state index in [2.05, 4.69) is 0 Å². The molecule has 1 fully saturated rings. The van der Waals surface area contributed by atoms with Gasteiger partial charge in [0.2, 0.25) is 0 Å². The SMILES string of the molecule is [2H]c1c([2H])c(OC)c([2H])c(B2OC(C)(C)C(C)(C)O2)c1[2H]. The molecule has 0 bridgehead atoms. The van der Waals surface area contributed by atoms with E-state index in [1.165, 1.54) is 7.11 Å². The van der Waals surface area contributed by atoms with Crippen LogP contribution in [-0.4, -0.2) is 25.4 Å². The second-order valence-electron chi connectivity index (χ2n) is 5.04. The third-order valence-electron chi connectivity index (χ3n) is 3.31. The molecule has 1 aliphatic rings. The fraction of sp³-hybridized carbons (Fsp3) is 0.538. The molecule has 0 atom stereocenters. The molecule has 17 heavy (non-hydrogen) atoms.